The molecule has 0 unspecified atom stereocenters. The summed E-state index contributed by atoms with van der Waals surface area (Å²) in [4.78, 5) is 0. The van der Waals surface area contributed by atoms with Crippen LogP contribution in [0.25, 0.3) is 0 Å². The fraction of sp³-hybridized carbons (Fsp3) is 0.556. The maximum absolute atomic E-state index is 9.52. The minimum Gasteiger partial charge on any atom is -0.382 e. The van der Waals surface area contributed by atoms with Gasteiger partial charge >= 0.3 is 0 Å². The van der Waals surface area contributed by atoms with Crippen LogP contribution < -0.4 is 0 Å². The Morgan fingerprint density at radius 1 is 1.40 bits per heavy atom. The topological polar surface area (TPSA) is 20.2 Å². The van der Waals surface area contributed by atoms with E-state index < -0.39 is 5.60 Å². The number of hydrogen-bond acceptors (Lipinski definition) is 1. The van der Waals surface area contributed by atoms with Crippen LogP contribution in [0.5, 0.6) is 0 Å². The van der Waals surface area contributed by atoms with E-state index in [0.29, 0.717) is 0 Å². The molecule has 0 saturated heterocycles. The van der Waals surface area contributed by atoms with Crippen LogP contribution in [0.2, 0.25) is 0 Å². The van der Waals surface area contributed by atoms with Gasteiger partial charge in [-0.25, -0.2) is 0 Å². The van der Waals surface area contributed by atoms with E-state index in [2.05, 4.69) is 20.1 Å². The van der Waals surface area contributed by atoms with Gasteiger partial charge in [0.05, 0.1) is 0 Å². The summed E-state index contributed by atoms with van der Waals surface area (Å²) < 4.78 is 0. The average molecular weight is 140 g/mol. The summed E-state index contributed by atoms with van der Waals surface area (Å²) in [5.74, 6) is 0. The summed E-state index contributed by atoms with van der Waals surface area (Å²) in [6, 6.07) is 0. The summed E-state index contributed by atoms with van der Waals surface area (Å²) >= 11 is 0. The van der Waals surface area contributed by atoms with Crippen molar-refractivity contribution in [3.8, 4) is 0 Å². The molecule has 0 saturated carbocycles. The first-order chi connectivity index (χ1) is 4.68. The van der Waals surface area contributed by atoms with E-state index in [0.717, 1.165) is 19.3 Å². The van der Waals surface area contributed by atoms with Gasteiger partial charge in [-0.15, -0.1) is 0 Å². The lowest BCUT2D eigenvalue weighted by Gasteiger charge is -2.18. The molecule has 1 nitrogen and oxygen atoms in total. The zero-order valence-corrected chi connectivity index (χ0v) is 6.64. The van der Waals surface area contributed by atoms with Crippen molar-refractivity contribution in [1.29, 1.82) is 0 Å². The smallest absolute Gasteiger partial charge is 0.100 e. The average Bonchev–Trinajstić information content (AvgIpc) is 2.00. The second kappa shape index (κ2) is 4.29. The Hall–Kier alpha value is -0.560. The quantitative estimate of drug-likeness (QED) is 0.581. The van der Waals surface area contributed by atoms with Gasteiger partial charge in [0.15, 0.2) is 0 Å². The molecule has 0 aromatic heterocycles. The van der Waals surface area contributed by atoms with Crippen LogP contribution in [-0.4, -0.2) is 10.7 Å². The highest BCUT2D eigenvalue weighted by Crippen LogP contribution is 2.15. The van der Waals surface area contributed by atoms with E-state index in [4.69, 9.17) is 0 Å². The standard InChI is InChI=1S/C9H16O/c1-4-7-8-9(10,5-2)6-3/h5-6,10H,2-4,7-8H2,1H3. The highest BCUT2D eigenvalue weighted by molar-refractivity contribution is 5.07. The molecule has 0 bridgehead atoms. The largest absolute Gasteiger partial charge is 0.382 e. The minimum atomic E-state index is -0.837. The van der Waals surface area contributed by atoms with Crippen molar-refractivity contribution in [2.75, 3.05) is 0 Å². The number of hydrogen-bond donors (Lipinski definition) is 1. The van der Waals surface area contributed by atoms with Crippen molar-refractivity contribution < 1.29 is 5.11 Å². The predicted octanol–water partition coefficient (Wildman–Crippen LogP) is 2.28. The van der Waals surface area contributed by atoms with Gasteiger partial charge in [0.25, 0.3) is 0 Å². The van der Waals surface area contributed by atoms with Crippen LogP contribution in [0, 0.1) is 0 Å². The van der Waals surface area contributed by atoms with Crippen molar-refractivity contribution in [3.05, 3.63) is 25.3 Å². The zero-order valence-electron chi connectivity index (χ0n) is 6.64. The lowest BCUT2D eigenvalue weighted by Crippen LogP contribution is -2.21. The van der Waals surface area contributed by atoms with Crippen molar-refractivity contribution in [2.24, 2.45) is 0 Å². The summed E-state index contributed by atoms with van der Waals surface area (Å²) in [5, 5.41) is 9.52. The van der Waals surface area contributed by atoms with Crippen LogP contribution in [0.3, 0.4) is 0 Å². The summed E-state index contributed by atoms with van der Waals surface area (Å²) in [6.45, 7) is 9.16. The third-order valence-electron chi connectivity index (χ3n) is 1.64. The molecule has 0 fully saturated rings. The van der Waals surface area contributed by atoms with Crippen LogP contribution in [0.4, 0.5) is 0 Å². The SMILES string of the molecule is C=CC(O)(C=C)CCCC. The van der Waals surface area contributed by atoms with Crippen molar-refractivity contribution in [1.82, 2.24) is 0 Å². The van der Waals surface area contributed by atoms with Gasteiger partial charge < -0.3 is 5.11 Å². The second-order valence-corrected chi connectivity index (χ2v) is 2.50. The molecule has 58 valence electrons. The fourth-order valence-corrected chi connectivity index (χ4v) is 0.747. The van der Waals surface area contributed by atoms with Gasteiger partial charge in [-0.1, -0.05) is 45.1 Å². The summed E-state index contributed by atoms with van der Waals surface area (Å²) in [7, 11) is 0. The van der Waals surface area contributed by atoms with E-state index in [9.17, 15) is 5.11 Å². The van der Waals surface area contributed by atoms with Crippen LogP contribution in [0.15, 0.2) is 25.3 Å². The molecule has 0 aliphatic heterocycles. The first kappa shape index (κ1) is 9.44. The molecule has 0 rings (SSSR count). The van der Waals surface area contributed by atoms with E-state index in [1.165, 1.54) is 12.2 Å². The first-order valence-corrected chi connectivity index (χ1v) is 3.68. The Bertz CT molecular complexity index is 108. The maximum Gasteiger partial charge on any atom is 0.100 e. The number of unbranched alkanes of at least 4 members (excludes halogenated alkanes) is 1. The molecule has 0 radical (unpaired) electrons. The number of rotatable bonds is 5. The predicted molar refractivity (Wildman–Crippen MR) is 44.9 cm³/mol. The zero-order chi connectivity index (χ0) is 8.04. The van der Waals surface area contributed by atoms with Gasteiger partial charge in [-0.2, -0.15) is 0 Å². The van der Waals surface area contributed by atoms with Crippen molar-refractivity contribution >= 4 is 0 Å². The molecule has 0 atom stereocenters. The molecular weight excluding hydrogens is 124 g/mol. The third-order valence-corrected chi connectivity index (χ3v) is 1.64. The molecule has 0 heterocycles. The molecule has 0 aromatic rings. The second-order valence-electron chi connectivity index (χ2n) is 2.50. The van der Waals surface area contributed by atoms with Gasteiger partial charge in [0.2, 0.25) is 0 Å². The van der Waals surface area contributed by atoms with Crippen molar-refractivity contribution in [3.63, 3.8) is 0 Å². The first-order valence-electron chi connectivity index (χ1n) is 3.68. The van der Waals surface area contributed by atoms with Gasteiger partial charge in [0.1, 0.15) is 5.60 Å². The molecule has 0 amide bonds. The number of aliphatic hydroxyl groups is 1. The third kappa shape index (κ3) is 2.83. The molecule has 0 aromatic carbocycles. The Kier molecular flexibility index (Phi) is 4.05. The highest BCUT2D eigenvalue weighted by Gasteiger charge is 2.15. The molecule has 1 N–H and O–H groups in total. The summed E-state index contributed by atoms with van der Waals surface area (Å²) in [6.07, 6.45) is 5.90. The normalized spacial score (nSPS) is 11.0. The molecule has 1 heteroatoms. The maximum atomic E-state index is 9.52. The Morgan fingerprint density at radius 2 is 1.90 bits per heavy atom. The Morgan fingerprint density at radius 3 is 2.20 bits per heavy atom. The lowest BCUT2D eigenvalue weighted by molar-refractivity contribution is 0.130. The molecule has 0 aliphatic carbocycles. The summed E-state index contributed by atoms with van der Waals surface area (Å²) in [5.41, 5.74) is -0.837. The van der Waals surface area contributed by atoms with E-state index in [-0.39, 0.29) is 0 Å². The highest BCUT2D eigenvalue weighted by atomic mass is 16.3. The van der Waals surface area contributed by atoms with E-state index in [1.54, 1.807) is 0 Å². The molecule has 10 heavy (non-hydrogen) atoms. The Balaban J connectivity index is 3.80. The monoisotopic (exact) mass is 140 g/mol. The van der Waals surface area contributed by atoms with Gasteiger partial charge in [-0.3, -0.25) is 0 Å². The van der Waals surface area contributed by atoms with Crippen LogP contribution >= 0.6 is 0 Å². The fourth-order valence-electron chi connectivity index (χ4n) is 0.747. The molecule has 0 spiro atoms. The molecule has 0 aliphatic rings. The van der Waals surface area contributed by atoms with Crippen LogP contribution in [-0.2, 0) is 0 Å². The minimum absolute atomic E-state index is 0.733. The lowest BCUT2D eigenvalue weighted by atomic mass is 9.97. The van der Waals surface area contributed by atoms with E-state index in [1.807, 2.05) is 0 Å². The van der Waals surface area contributed by atoms with Gasteiger partial charge in [0, 0.05) is 0 Å². The van der Waals surface area contributed by atoms with Gasteiger partial charge in [-0.05, 0) is 6.42 Å². The van der Waals surface area contributed by atoms with Crippen LogP contribution in [0.1, 0.15) is 26.2 Å². The Labute approximate surface area is 63.1 Å². The van der Waals surface area contributed by atoms with E-state index >= 15 is 0 Å². The molecular formula is C9H16O. The van der Waals surface area contributed by atoms with Crippen molar-refractivity contribution in [2.45, 2.75) is 31.8 Å².